The number of benzene rings is 1. The molecular formula is C21H20N2O3S2. The number of nitrogens with one attached hydrogen (secondary N) is 1. The van der Waals surface area contributed by atoms with Gasteiger partial charge in [0.2, 0.25) is 11.8 Å². The molecule has 6 unspecified atom stereocenters. The predicted octanol–water partition coefficient (Wildman–Crippen LogP) is 3.26. The van der Waals surface area contributed by atoms with E-state index in [1.54, 1.807) is 11.8 Å². The molecule has 144 valence electrons. The lowest BCUT2D eigenvalue weighted by atomic mass is 9.64. The first kappa shape index (κ1) is 17.0. The summed E-state index contributed by atoms with van der Waals surface area (Å²) in [7, 11) is 0. The van der Waals surface area contributed by atoms with Crippen LogP contribution >= 0.6 is 23.1 Å². The molecule has 1 N–H and O–H groups in total. The molecule has 2 amide bonds. The summed E-state index contributed by atoms with van der Waals surface area (Å²) in [6.45, 7) is 4.41. The molecule has 3 heterocycles. The molecule has 28 heavy (non-hydrogen) atoms. The van der Waals surface area contributed by atoms with Crippen molar-refractivity contribution in [2.24, 2.45) is 29.6 Å². The van der Waals surface area contributed by atoms with Crippen LogP contribution in [0.1, 0.15) is 25.1 Å². The third kappa shape index (κ3) is 1.92. The third-order valence-electron chi connectivity index (χ3n) is 7.41. The lowest BCUT2D eigenvalue weighted by Gasteiger charge is -2.47. The van der Waals surface area contributed by atoms with Crippen molar-refractivity contribution in [1.29, 1.82) is 0 Å². The molecular weight excluding hydrogens is 392 g/mol. The van der Waals surface area contributed by atoms with Crippen molar-refractivity contribution in [2.45, 2.75) is 36.0 Å². The van der Waals surface area contributed by atoms with Gasteiger partial charge >= 0.3 is 4.87 Å². The SMILES string of the molecule is CC1(C)c2sc(=O)[nH]c2SC2C3CC(C4C(=O)N(c5ccccc5)C(=O)C34)C21. The van der Waals surface area contributed by atoms with Gasteiger partial charge in [-0.2, -0.15) is 0 Å². The normalized spacial score (nSPS) is 37.1. The number of thioether (sulfide) groups is 1. The largest absolute Gasteiger partial charge is 0.307 e. The van der Waals surface area contributed by atoms with Crippen LogP contribution in [-0.2, 0) is 15.0 Å². The van der Waals surface area contributed by atoms with Gasteiger partial charge in [0.05, 0.1) is 22.5 Å². The highest BCUT2D eigenvalue weighted by atomic mass is 32.2. The second kappa shape index (κ2) is 5.39. The second-order valence-corrected chi connectivity index (χ2v) is 11.1. The molecule has 4 aliphatic rings. The number of aromatic nitrogens is 1. The van der Waals surface area contributed by atoms with Gasteiger partial charge in [-0.1, -0.05) is 43.4 Å². The van der Waals surface area contributed by atoms with E-state index < -0.39 is 0 Å². The Morgan fingerprint density at radius 3 is 2.43 bits per heavy atom. The number of amides is 2. The molecule has 1 saturated heterocycles. The van der Waals surface area contributed by atoms with Crippen LogP contribution in [0, 0.1) is 29.6 Å². The van der Waals surface area contributed by atoms with Gasteiger partial charge in [-0.05, 0) is 36.3 Å². The monoisotopic (exact) mass is 412 g/mol. The Bertz CT molecular complexity index is 1070. The number of thiazole rings is 1. The molecule has 0 radical (unpaired) electrons. The van der Waals surface area contributed by atoms with Gasteiger partial charge in [-0.25, -0.2) is 0 Å². The lowest BCUT2D eigenvalue weighted by Crippen LogP contribution is -2.48. The van der Waals surface area contributed by atoms with Crippen molar-refractivity contribution < 1.29 is 9.59 Å². The highest BCUT2D eigenvalue weighted by molar-refractivity contribution is 8.00. The van der Waals surface area contributed by atoms with Crippen LogP contribution in [0.2, 0.25) is 0 Å². The molecule has 1 aromatic carbocycles. The van der Waals surface area contributed by atoms with E-state index in [4.69, 9.17) is 0 Å². The summed E-state index contributed by atoms with van der Waals surface area (Å²) in [6, 6.07) is 9.31. The maximum atomic E-state index is 13.4. The van der Waals surface area contributed by atoms with Crippen molar-refractivity contribution in [3.63, 3.8) is 0 Å². The van der Waals surface area contributed by atoms with Gasteiger partial charge in [-0.15, -0.1) is 11.8 Å². The maximum absolute atomic E-state index is 13.4. The average molecular weight is 413 g/mol. The fraction of sp³-hybridized carbons (Fsp3) is 0.476. The first-order chi connectivity index (χ1) is 13.4. The summed E-state index contributed by atoms with van der Waals surface area (Å²) in [5.41, 5.74) is 0.521. The summed E-state index contributed by atoms with van der Waals surface area (Å²) < 4.78 is 0. The van der Waals surface area contributed by atoms with Crippen LogP contribution < -0.4 is 9.77 Å². The maximum Gasteiger partial charge on any atom is 0.305 e. The standard InChI is InChI=1S/C21H20N2O3S2/c1-21(2)14-10-8-11(15(14)27-17-16(21)28-20(26)22-17)13-12(10)18(24)23(19(13)25)9-6-4-3-5-7-9/h3-7,10-15H,8H2,1-2H3,(H,22,26). The summed E-state index contributed by atoms with van der Waals surface area (Å²) in [6.07, 6.45) is 0.945. The number of carbonyl (C=O) groups is 2. The summed E-state index contributed by atoms with van der Waals surface area (Å²) in [4.78, 5) is 44.2. The predicted molar refractivity (Wildman–Crippen MR) is 109 cm³/mol. The summed E-state index contributed by atoms with van der Waals surface area (Å²) >= 11 is 3.04. The van der Waals surface area contributed by atoms with E-state index in [0.29, 0.717) is 11.6 Å². The highest BCUT2D eigenvalue weighted by Crippen LogP contribution is 2.69. The van der Waals surface area contributed by atoms with Crippen LogP contribution in [0.5, 0.6) is 0 Å². The van der Waals surface area contributed by atoms with E-state index in [1.165, 1.54) is 16.2 Å². The minimum Gasteiger partial charge on any atom is -0.307 e. The van der Waals surface area contributed by atoms with Gasteiger partial charge in [-0.3, -0.25) is 19.3 Å². The Hall–Kier alpha value is -1.86. The minimum atomic E-state index is -0.214. The van der Waals surface area contributed by atoms with Crippen molar-refractivity contribution in [3.8, 4) is 0 Å². The number of carbonyl (C=O) groups excluding carboxylic acids is 2. The average Bonchev–Trinajstić information content (AvgIpc) is 3.37. The molecule has 2 aliphatic heterocycles. The Labute approximate surface area is 170 Å². The zero-order valence-corrected chi connectivity index (χ0v) is 17.2. The van der Waals surface area contributed by atoms with Gasteiger partial charge < -0.3 is 4.98 Å². The van der Waals surface area contributed by atoms with Crippen LogP contribution in [0.4, 0.5) is 5.69 Å². The molecule has 6 atom stereocenters. The van der Waals surface area contributed by atoms with Crippen LogP contribution in [0.3, 0.4) is 0 Å². The molecule has 5 nitrogen and oxygen atoms in total. The van der Waals surface area contributed by atoms with E-state index in [1.807, 2.05) is 30.3 Å². The van der Waals surface area contributed by atoms with E-state index in [0.717, 1.165) is 16.3 Å². The van der Waals surface area contributed by atoms with Crippen molar-refractivity contribution in [3.05, 3.63) is 44.9 Å². The van der Waals surface area contributed by atoms with E-state index in [2.05, 4.69) is 18.8 Å². The van der Waals surface area contributed by atoms with Crippen molar-refractivity contribution in [2.75, 3.05) is 4.90 Å². The molecule has 2 aromatic rings. The topological polar surface area (TPSA) is 70.2 Å². The molecule has 3 fully saturated rings. The molecule has 2 aliphatic carbocycles. The van der Waals surface area contributed by atoms with E-state index in [-0.39, 0.29) is 51.0 Å². The summed E-state index contributed by atoms with van der Waals surface area (Å²) in [5, 5.41) is 1.26. The second-order valence-electron chi connectivity index (χ2n) is 8.97. The van der Waals surface area contributed by atoms with Crippen LogP contribution in [0.25, 0.3) is 0 Å². The first-order valence-electron chi connectivity index (χ1n) is 9.72. The molecule has 1 aromatic heterocycles. The number of para-hydroxylation sites is 1. The fourth-order valence-corrected chi connectivity index (χ4v) is 9.64. The number of fused-ring (bicyclic) bond motifs is 9. The van der Waals surface area contributed by atoms with Gasteiger partial charge in [0.15, 0.2) is 0 Å². The minimum absolute atomic E-state index is 0.0134. The zero-order valence-electron chi connectivity index (χ0n) is 15.5. The molecule has 0 spiro atoms. The van der Waals surface area contributed by atoms with E-state index in [9.17, 15) is 14.4 Å². The number of anilines is 1. The number of hydrogen-bond acceptors (Lipinski definition) is 5. The van der Waals surface area contributed by atoms with Crippen LogP contribution in [0.15, 0.2) is 40.2 Å². The molecule has 2 saturated carbocycles. The first-order valence-corrected chi connectivity index (χ1v) is 11.4. The number of H-pyrrole nitrogens is 1. The Morgan fingerprint density at radius 2 is 1.71 bits per heavy atom. The molecule has 7 heteroatoms. The number of nitrogens with zero attached hydrogens (tertiary/aromatic N) is 1. The van der Waals surface area contributed by atoms with E-state index >= 15 is 0 Å². The van der Waals surface area contributed by atoms with Crippen LogP contribution in [-0.4, -0.2) is 22.0 Å². The zero-order chi connectivity index (χ0) is 19.4. The third-order valence-corrected chi connectivity index (χ3v) is 10.2. The fourth-order valence-electron chi connectivity index (χ4n) is 6.49. The number of imide groups is 1. The van der Waals surface area contributed by atoms with Crippen molar-refractivity contribution in [1.82, 2.24) is 4.98 Å². The number of aromatic amines is 1. The Balaban J connectivity index is 1.44. The molecule has 2 bridgehead atoms. The quantitative estimate of drug-likeness (QED) is 0.730. The smallest absolute Gasteiger partial charge is 0.305 e. The Morgan fingerprint density at radius 1 is 1.04 bits per heavy atom. The summed E-state index contributed by atoms with van der Waals surface area (Å²) in [5.74, 6) is 0.237. The van der Waals surface area contributed by atoms with Gasteiger partial charge in [0, 0.05) is 15.5 Å². The number of rotatable bonds is 1. The molecule has 6 rings (SSSR count). The van der Waals surface area contributed by atoms with Gasteiger partial charge in [0.1, 0.15) is 0 Å². The van der Waals surface area contributed by atoms with Crippen molar-refractivity contribution >= 4 is 40.6 Å². The lowest BCUT2D eigenvalue weighted by molar-refractivity contribution is -0.123. The number of hydrogen-bond donors (Lipinski definition) is 1. The Kier molecular flexibility index (Phi) is 3.28. The highest BCUT2D eigenvalue weighted by Gasteiger charge is 2.70. The van der Waals surface area contributed by atoms with Gasteiger partial charge in [0.25, 0.3) is 0 Å².